The Labute approximate surface area is 188 Å². The van der Waals surface area contributed by atoms with Gasteiger partial charge in [0.2, 0.25) is 0 Å². The number of benzene rings is 2. The lowest BCUT2D eigenvalue weighted by molar-refractivity contribution is 0.304. The minimum atomic E-state index is 0.0847. The van der Waals surface area contributed by atoms with Crippen molar-refractivity contribution >= 4 is 5.71 Å². The molecule has 0 aliphatic heterocycles. The predicted molar refractivity (Wildman–Crippen MR) is 128 cm³/mol. The number of hydrogen-bond acceptors (Lipinski definition) is 4. The molecular weight excluding hydrogens is 386 g/mol. The molecule has 0 atom stereocenters. The van der Waals surface area contributed by atoms with Gasteiger partial charge < -0.3 is 15.1 Å². The Balaban J connectivity index is 1.66. The fourth-order valence-corrected chi connectivity index (χ4v) is 3.78. The molecule has 0 saturated carbocycles. The van der Waals surface area contributed by atoms with E-state index in [2.05, 4.69) is 12.1 Å². The van der Waals surface area contributed by atoms with E-state index in [0.29, 0.717) is 30.1 Å². The molecule has 170 valence electrons. The number of unbranched alkanes of at least 4 members (excludes halogenated alkanes) is 10. The predicted octanol–water partition coefficient (Wildman–Crippen LogP) is 7.85. The molecule has 4 nitrogen and oxygen atoms in total. The van der Waals surface area contributed by atoms with Gasteiger partial charge in [-0.2, -0.15) is 0 Å². The second kappa shape index (κ2) is 15.3. The third-order valence-corrected chi connectivity index (χ3v) is 5.67. The van der Waals surface area contributed by atoms with Crippen LogP contribution in [0.15, 0.2) is 53.7 Å². The minimum Gasteiger partial charge on any atom is -0.507 e. The van der Waals surface area contributed by atoms with Crippen LogP contribution in [0.3, 0.4) is 0 Å². The summed E-state index contributed by atoms with van der Waals surface area (Å²) in [5.74, 6) is 0.679. The summed E-state index contributed by atoms with van der Waals surface area (Å²) in [6.07, 6.45) is 14.7. The van der Waals surface area contributed by atoms with Gasteiger partial charge in [0.25, 0.3) is 0 Å². The Morgan fingerprint density at radius 3 is 2.00 bits per heavy atom. The van der Waals surface area contributed by atoms with Crippen LogP contribution in [0.4, 0.5) is 0 Å². The topological polar surface area (TPSA) is 62.1 Å². The molecule has 2 rings (SSSR count). The van der Waals surface area contributed by atoms with Crippen LogP contribution in [0.2, 0.25) is 0 Å². The first kappa shape index (κ1) is 24.8. The van der Waals surface area contributed by atoms with Crippen molar-refractivity contribution in [3.05, 3.63) is 59.7 Å². The van der Waals surface area contributed by atoms with Crippen molar-refractivity contribution in [1.29, 1.82) is 0 Å². The molecule has 0 saturated heterocycles. The highest BCUT2D eigenvalue weighted by Gasteiger charge is 2.11. The summed E-state index contributed by atoms with van der Waals surface area (Å²) >= 11 is 0. The van der Waals surface area contributed by atoms with E-state index in [1.54, 1.807) is 12.1 Å². The molecule has 2 aromatic rings. The fourth-order valence-electron chi connectivity index (χ4n) is 3.78. The highest BCUT2D eigenvalue weighted by atomic mass is 16.5. The SMILES string of the molecule is CCCCCCCCCCCCC/C(=N/O)c1ccc(OCc2ccccc2)cc1O. The van der Waals surface area contributed by atoms with E-state index in [1.165, 1.54) is 57.8 Å². The lowest BCUT2D eigenvalue weighted by Gasteiger charge is -2.11. The van der Waals surface area contributed by atoms with Crippen molar-refractivity contribution < 1.29 is 15.1 Å². The summed E-state index contributed by atoms with van der Waals surface area (Å²) in [6.45, 7) is 2.70. The van der Waals surface area contributed by atoms with Gasteiger partial charge >= 0.3 is 0 Å². The van der Waals surface area contributed by atoms with Gasteiger partial charge in [-0.25, -0.2) is 0 Å². The maximum absolute atomic E-state index is 10.4. The second-order valence-corrected chi connectivity index (χ2v) is 8.29. The third-order valence-electron chi connectivity index (χ3n) is 5.67. The first-order valence-electron chi connectivity index (χ1n) is 12.0. The smallest absolute Gasteiger partial charge is 0.128 e. The van der Waals surface area contributed by atoms with Crippen LogP contribution < -0.4 is 4.74 Å². The Morgan fingerprint density at radius 2 is 1.42 bits per heavy atom. The summed E-state index contributed by atoms with van der Waals surface area (Å²) < 4.78 is 5.75. The van der Waals surface area contributed by atoms with Crippen molar-refractivity contribution in [2.75, 3.05) is 0 Å². The largest absolute Gasteiger partial charge is 0.507 e. The first-order chi connectivity index (χ1) is 15.2. The Bertz CT molecular complexity index is 758. The van der Waals surface area contributed by atoms with Crippen LogP contribution in [0.25, 0.3) is 0 Å². The molecule has 0 bridgehead atoms. The van der Waals surface area contributed by atoms with Gasteiger partial charge in [-0.1, -0.05) is 107 Å². The average molecular weight is 426 g/mol. The maximum atomic E-state index is 10.4. The van der Waals surface area contributed by atoms with E-state index in [-0.39, 0.29) is 5.75 Å². The number of phenolic OH excluding ortho intramolecular Hbond substituents is 1. The zero-order valence-corrected chi connectivity index (χ0v) is 19.1. The van der Waals surface area contributed by atoms with E-state index in [1.807, 2.05) is 36.4 Å². The number of oxime groups is 1. The van der Waals surface area contributed by atoms with E-state index in [4.69, 9.17) is 4.74 Å². The molecule has 0 aliphatic rings. The van der Waals surface area contributed by atoms with Crippen LogP contribution in [-0.2, 0) is 6.61 Å². The number of nitrogens with zero attached hydrogens (tertiary/aromatic N) is 1. The van der Waals surface area contributed by atoms with Gasteiger partial charge in [-0.05, 0) is 30.5 Å². The monoisotopic (exact) mass is 425 g/mol. The zero-order valence-electron chi connectivity index (χ0n) is 19.1. The summed E-state index contributed by atoms with van der Waals surface area (Å²) in [5, 5.41) is 23.3. The fraction of sp³-hybridized carbons (Fsp3) is 0.519. The molecule has 0 amide bonds. The van der Waals surface area contributed by atoms with E-state index in [0.717, 1.165) is 18.4 Å². The van der Waals surface area contributed by atoms with Gasteiger partial charge in [0.1, 0.15) is 18.1 Å². The Hall–Kier alpha value is -2.49. The molecule has 0 radical (unpaired) electrons. The highest BCUT2D eigenvalue weighted by molar-refractivity contribution is 6.02. The van der Waals surface area contributed by atoms with E-state index < -0.39 is 0 Å². The molecule has 2 aromatic carbocycles. The van der Waals surface area contributed by atoms with Crippen molar-refractivity contribution in [1.82, 2.24) is 0 Å². The molecule has 0 heterocycles. The minimum absolute atomic E-state index is 0.0847. The standard InChI is InChI=1S/C27H39NO3/c1-2-3-4-5-6-7-8-9-10-11-15-18-26(28-30)25-20-19-24(21-27(25)29)31-22-23-16-13-12-14-17-23/h12-14,16-17,19-21,29-30H,2-11,15,18,22H2,1H3/b28-26-. The molecule has 0 unspecified atom stereocenters. The quantitative estimate of drug-likeness (QED) is 0.125. The molecule has 0 spiro atoms. The van der Waals surface area contributed by atoms with Crippen molar-refractivity contribution in [3.63, 3.8) is 0 Å². The molecule has 0 aliphatic carbocycles. The molecule has 4 heteroatoms. The van der Waals surface area contributed by atoms with Gasteiger partial charge in [0.05, 0.1) is 5.71 Å². The lowest BCUT2D eigenvalue weighted by Crippen LogP contribution is -2.02. The molecule has 0 aromatic heterocycles. The lowest BCUT2D eigenvalue weighted by atomic mass is 10.0. The van der Waals surface area contributed by atoms with Gasteiger partial charge in [-0.15, -0.1) is 0 Å². The number of hydrogen-bond donors (Lipinski definition) is 2. The zero-order chi connectivity index (χ0) is 22.2. The summed E-state index contributed by atoms with van der Waals surface area (Å²) in [6, 6.07) is 15.1. The number of rotatable bonds is 16. The summed E-state index contributed by atoms with van der Waals surface area (Å²) in [5.41, 5.74) is 2.17. The molecular formula is C27H39NO3. The third kappa shape index (κ3) is 9.91. The van der Waals surface area contributed by atoms with Crippen LogP contribution in [0.5, 0.6) is 11.5 Å². The van der Waals surface area contributed by atoms with Crippen LogP contribution in [0.1, 0.15) is 95.1 Å². The first-order valence-corrected chi connectivity index (χ1v) is 12.0. The van der Waals surface area contributed by atoms with E-state index in [9.17, 15) is 10.3 Å². The molecule has 2 N–H and O–H groups in total. The molecule has 31 heavy (non-hydrogen) atoms. The summed E-state index contributed by atoms with van der Waals surface area (Å²) in [7, 11) is 0. The Morgan fingerprint density at radius 1 is 0.806 bits per heavy atom. The maximum Gasteiger partial charge on any atom is 0.128 e. The van der Waals surface area contributed by atoms with Crippen molar-refractivity contribution in [3.8, 4) is 11.5 Å². The number of aromatic hydroxyl groups is 1. The highest BCUT2D eigenvalue weighted by Crippen LogP contribution is 2.26. The average Bonchev–Trinajstić information content (AvgIpc) is 2.80. The van der Waals surface area contributed by atoms with Gasteiger partial charge in [0.15, 0.2) is 0 Å². The van der Waals surface area contributed by atoms with Crippen LogP contribution >= 0.6 is 0 Å². The molecule has 0 fully saturated rings. The van der Waals surface area contributed by atoms with Gasteiger partial charge in [0, 0.05) is 11.6 Å². The van der Waals surface area contributed by atoms with Crippen molar-refractivity contribution in [2.24, 2.45) is 5.16 Å². The van der Waals surface area contributed by atoms with Gasteiger partial charge in [-0.3, -0.25) is 0 Å². The second-order valence-electron chi connectivity index (χ2n) is 8.29. The van der Waals surface area contributed by atoms with Crippen molar-refractivity contribution in [2.45, 2.75) is 90.6 Å². The number of ether oxygens (including phenoxy) is 1. The summed E-state index contributed by atoms with van der Waals surface area (Å²) in [4.78, 5) is 0. The van der Waals surface area contributed by atoms with Crippen LogP contribution in [-0.4, -0.2) is 16.0 Å². The van der Waals surface area contributed by atoms with Crippen LogP contribution in [0, 0.1) is 0 Å². The Kier molecular flexibility index (Phi) is 12.3. The normalized spacial score (nSPS) is 11.6. The number of phenols is 1. The van der Waals surface area contributed by atoms with E-state index >= 15 is 0 Å².